The molecular weight excluding hydrogens is 393 g/mol. The van der Waals surface area contributed by atoms with Crippen LogP contribution in [0.2, 0.25) is 0 Å². The zero-order valence-corrected chi connectivity index (χ0v) is 17.1. The molecule has 1 unspecified atom stereocenters. The fourth-order valence-corrected chi connectivity index (χ4v) is 4.59. The van der Waals surface area contributed by atoms with Crippen LogP contribution in [0.1, 0.15) is 49.4 Å². The Labute approximate surface area is 173 Å². The third-order valence-corrected chi connectivity index (χ3v) is 6.40. The molecule has 2 bridgehead atoms. The van der Waals surface area contributed by atoms with E-state index in [0.29, 0.717) is 55.2 Å². The quantitative estimate of drug-likeness (QED) is 0.708. The molecule has 3 saturated carbocycles. The van der Waals surface area contributed by atoms with Crippen LogP contribution in [0.4, 0.5) is 4.39 Å². The van der Waals surface area contributed by atoms with Gasteiger partial charge in [0.05, 0.1) is 11.5 Å². The number of hydrogen-bond acceptors (Lipinski definition) is 7. The lowest BCUT2D eigenvalue weighted by atomic mass is 9.55. The Morgan fingerprint density at radius 3 is 2.77 bits per heavy atom. The molecule has 1 atom stereocenters. The van der Waals surface area contributed by atoms with Crippen molar-refractivity contribution in [3.63, 3.8) is 0 Å². The number of halogens is 1. The number of benzene rings is 1. The normalized spacial score (nSPS) is 27.8. The van der Waals surface area contributed by atoms with Gasteiger partial charge < -0.3 is 24.3 Å². The van der Waals surface area contributed by atoms with E-state index in [4.69, 9.17) is 13.9 Å². The number of aryl methyl sites for hydroxylation is 1. The van der Waals surface area contributed by atoms with Crippen molar-refractivity contribution < 1.29 is 28.2 Å². The van der Waals surface area contributed by atoms with E-state index in [9.17, 15) is 14.3 Å². The predicted octanol–water partition coefficient (Wildman–Crippen LogP) is 2.17. The van der Waals surface area contributed by atoms with Crippen molar-refractivity contribution in [2.24, 2.45) is 0 Å². The second-order valence-electron chi connectivity index (χ2n) is 8.34. The maximum absolute atomic E-state index is 13.6. The van der Waals surface area contributed by atoms with Gasteiger partial charge in [-0.25, -0.2) is 4.39 Å². The van der Waals surface area contributed by atoms with Gasteiger partial charge in [0.1, 0.15) is 18.2 Å². The standard InChI is InChI=1S/C21H26FN3O5/c1-13-3-4-14(9-15(13)22)29-11-17(27)23-20-5-7-21(8-6-20,16(26)10-20)19-25-24-18(30-19)12-28-2/h3-4,9,16,26H,5-8,10-12H2,1-2H3,(H,23,27). The summed E-state index contributed by atoms with van der Waals surface area (Å²) >= 11 is 0. The van der Waals surface area contributed by atoms with E-state index in [1.807, 2.05) is 0 Å². The molecule has 3 aliphatic rings. The number of rotatable bonds is 7. The van der Waals surface area contributed by atoms with Crippen molar-refractivity contribution >= 4 is 5.91 Å². The Morgan fingerprint density at radius 1 is 1.33 bits per heavy atom. The molecule has 30 heavy (non-hydrogen) atoms. The summed E-state index contributed by atoms with van der Waals surface area (Å²) in [6, 6.07) is 4.50. The highest BCUT2D eigenvalue weighted by Crippen LogP contribution is 2.53. The molecule has 1 aromatic carbocycles. The summed E-state index contributed by atoms with van der Waals surface area (Å²) in [7, 11) is 1.55. The molecule has 2 N–H and O–H groups in total. The smallest absolute Gasteiger partial charge is 0.258 e. The van der Waals surface area contributed by atoms with E-state index in [2.05, 4.69) is 15.5 Å². The Hall–Kier alpha value is -2.52. The number of aliphatic hydroxyl groups is 1. The summed E-state index contributed by atoms with van der Waals surface area (Å²) in [6.45, 7) is 1.68. The Morgan fingerprint density at radius 2 is 2.10 bits per heavy atom. The van der Waals surface area contributed by atoms with Crippen LogP contribution in [0, 0.1) is 12.7 Å². The summed E-state index contributed by atoms with van der Waals surface area (Å²) in [5, 5.41) is 22.1. The molecule has 1 amide bonds. The Bertz CT molecular complexity index is 923. The molecule has 1 aromatic heterocycles. The number of nitrogens with zero attached hydrogens (tertiary/aromatic N) is 2. The Kier molecular flexibility index (Phi) is 5.50. The zero-order valence-electron chi connectivity index (χ0n) is 17.1. The molecule has 2 aromatic rings. The van der Waals surface area contributed by atoms with Crippen molar-refractivity contribution in [2.45, 2.75) is 62.7 Å². The molecule has 3 fully saturated rings. The number of carbonyl (C=O) groups excluding carboxylic acids is 1. The van der Waals surface area contributed by atoms with Crippen LogP contribution < -0.4 is 10.1 Å². The highest BCUT2D eigenvalue weighted by molar-refractivity contribution is 5.78. The topological polar surface area (TPSA) is 107 Å². The minimum atomic E-state index is -0.705. The van der Waals surface area contributed by atoms with Gasteiger partial charge in [-0.05, 0) is 50.7 Å². The van der Waals surface area contributed by atoms with E-state index in [-0.39, 0.29) is 24.9 Å². The monoisotopic (exact) mass is 419 g/mol. The van der Waals surface area contributed by atoms with E-state index in [1.165, 1.54) is 6.07 Å². The summed E-state index contributed by atoms with van der Waals surface area (Å²) in [5.74, 6) is 0.458. The molecule has 9 heteroatoms. The summed E-state index contributed by atoms with van der Waals surface area (Å²) in [6.07, 6.45) is 2.34. The largest absolute Gasteiger partial charge is 0.484 e. The first-order chi connectivity index (χ1) is 14.4. The van der Waals surface area contributed by atoms with Gasteiger partial charge in [0, 0.05) is 18.7 Å². The van der Waals surface area contributed by atoms with Crippen LogP contribution in [0.15, 0.2) is 22.6 Å². The second kappa shape index (κ2) is 7.96. The number of hydrogen-bond donors (Lipinski definition) is 2. The third kappa shape index (κ3) is 3.79. The minimum Gasteiger partial charge on any atom is -0.484 e. The highest BCUT2D eigenvalue weighted by atomic mass is 19.1. The van der Waals surface area contributed by atoms with Crippen molar-refractivity contribution in [3.05, 3.63) is 41.4 Å². The number of amides is 1. The molecule has 0 saturated heterocycles. The number of carbonyl (C=O) groups is 1. The molecule has 1 heterocycles. The average Bonchev–Trinajstić information content (AvgIpc) is 3.19. The molecule has 162 valence electrons. The van der Waals surface area contributed by atoms with Crippen LogP contribution in [-0.4, -0.2) is 46.6 Å². The van der Waals surface area contributed by atoms with Gasteiger partial charge in [0.2, 0.25) is 11.8 Å². The fourth-order valence-electron chi connectivity index (χ4n) is 4.59. The maximum atomic E-state index is 13.6. The number of aliphatic hydroxyl groups excluding tert-OH is 1. The van der Waals surface area contributed by atoms with Gasteiger partial charge in [-0.1, -0.05) is 6.07 Å². The first-order valence-electron chi connectivity index (χ1n) is 10.1. The number of fused-ring (bicyclic) bond motifs is 3. The van der Waals surface area contributed by atoms with E-state index in [1.54, 1.807) is 26.2 Å². The zero-order chi connectivity index (χ0) is 21.4. The second-order valence-corrected chi connectivity index (χ2v) is 8.34. The number of ether oxygens (including phenoxy) is 2. The van der Waals surface area contributed by atoms with Crippen molar-refractivity contribution in [2.75, 3.05) is 13.7 Å². The lowest BCUT2D eigenvalue weighted by Crippen LogP contribution is -2.64. The van der Waals surface area contributed by atoms with Crippen molar-refractivity contribution in [1.82, 2.24) is 15.5 Å². The number of methoxy groups -OCH3 is 1. The van der Waals surface area contributed by atoms with E-state index < -0.39 is 17.1 Å². The van der Waals surface area contributed by atoms with Gasteiger partial charge >= 0.3 is 0 Å². The van der Waals surface area contributed by atoms with Crippen LogP contribution in [0.25, 0.3) is 0 Å². The van der Waals surface area contributed by atoms with Crippen LogP contribution in [0.3, 0.4) is 0 Å². The molecule has 0 radical (unpaired) electrons. The predicted molar refractivity (Wildman–Crippen MR) is 103 cm³/mol. The fraction of sp³-hybridized carbons (Fsp3) is 0.571. The number of aromatic nitrogens is 2. The molecule has 0 aliphatic heterocycles. The molecule has 0 spiro atoms. The summed E-state index contributed by atoms with van der Waals surface area (Å²) in [5.41, 5.74) is -0.556. The molecular formula is C21H26FN3O5. The third-order valence-electron chi connectivity index (χ3n) is 6.40. The maximum Gasteiger partial charge on any atom is 0.258 e. The molecule has 3 aliphatic carbocycles. The van der Waals surface area contributed by atoms with E-state index in [0.717, 1.165) is 0 Å². The lowest BCUT2D eigenvalue weighted by molar-refractivity contribution is -0.129. The van der Waals surface area contributed by atoms with E-state index >= 15 is 0 Å². The van der Waals surface area contributed by atoms with Gasteiger partial charge in [0.25, 0.3) is 5.91 Å². The molecule has 5 rings (SSSR count). The molecule has 8 nitrogen and oxygen atoms in total. The van der Waals surface area contributed by atoms with Crippen LogP contribution >= 0.6 is 0 Å². The Balaban J connectivity index is 1.37. The minimum absolute atomic E-state index is 0.213. The van der Waals surface area contributed by atoms with Gasteiger partial charge in [-0.15, -0.1) is 10.2 Å². The van der Waals surface area contributed by atoms with Gasteiger partial charge in [0.15, 0.2) is 6.61 Å². The summed E-state index contributed by atoms with van der Waals surface area (Å²) < 4.78 is 29.8. The summed E-state index contributed by atoms with van der Waals surface area (Å²) in [4.78, 5) is 12.5. The SMILES string of the molecule is COCc1nnc(C23CCC(NC(=O)COc4ccc(C)c(F)c4)(CC2)CC3O)o1. The first kappa shape index (κ1) is 20.7. The van der Waals surface area contributed by atoms with Crippen molar-refractivity contribution in [3.8, 4) is 5.75 Å². The first-order valence-corrected chi connectivity index (χ1v) is 10.1. The van der Waals surface area contributed by atoms with Crippen molar-refractivity contribution in [1.29, 1.82) is 0 Å². The van der Waals surface area contributed by atoms with Gasteiger partial charge in [-0.2, -0.15) is 0 Å². The average molecular weight is 419 g/mol. The van der Waals surface area contributed by atoms with Crippen LogP contribution in [-0.2, 0) is 21.6 Å². The van der Waals surface area contributed by atoms with Gasteiger partial charge in [-0.3, -0.25) is 4.79 Å². The number of nitrogens with one attached hydrogen (secondary N) is 1. The highest BCUT2D eigenvalue weighted by Gasteiger charge is 2.58. The van der Waals surface area contributed by atoms with Crippen LogP contribution in [0.5, 0.6) is 5.75 Å². The lowest BCUT2D eigenvalue weighted by Gasteiger charge is -2.54.